The fourth-order valence-corrected chi connectivity index (χ4v) is 3.98. The molecule has 4 rings (SSSR count). The van der Waals surface area contributed by atoms with Crippen molar-refractivity contribution in [3.8, 4) is 17.2 Å². The summed E-state index contributed by atoms with van der Waals surface area (Å²) in [6.45, 7) is 3.76. The highest BCUT2D eigenvalue weighted by atomic mass is 16.5. The Morgan fingerprint density at radius 2 is 1.91 bits per heavy atom. The number of ketones is 1. The Kier molecular flexibility index (Phi) is 6.32. The van der Waals surface area contributed by atoms with E-state index in [0.717, 1.165) is 0 Å². The largest absolute Gasteiger partial charge is 0.507 e. The third kappa shape index (κ3) is 4.34. The lowest BCUT2D eigenvalue weighted by Gasteiger charge is -2.25. The van der Waals surface area contributed by atoms with Crippen LogP contribution in [0.25, 0.3) is 5.76 Å². The second-order valence-electron chi connectivity index (χ2n) is 8.13. The monoisotopic (exact) mass is 463 g/mol. The first-order valence-electron chi connectivity index (χ1n) is 10.7. The van der Waals surface area contributed by atoms with Gasteiger partial charge < -0.3 is 29.0 Å². The van der Waals surface area contributed by atoms with Crippen LogP contribution in [0.4, 0.5) is 0 Å². The number of rotatable bonds is 7. The Balaban J connectivity index is 1.86. The Labute approximate surface area is 196 Å². The number of carbonyl (C=O) groups is 2. The predicted molar refractivity (Wildman–Crippen MR) is 123 cm³/mol. The molecule has 1 aromatic heterocycles. The fraction of sp³-hybridized carbons (Fsp3) is 0.231. The van der Waals surface area contributed by atoms with Gasteiger partial charge in [-0.2, -0.15) is 0 Å². The maximum Gasteiger partial charge on any atom is 0.296 e. The van der Waals surface area contributed by atoms with E-state index in [0.29, 0.717) is 22.6 Å². The summed E-state index contributed by atoms with van der Waals surface area (Å²) >= 11 is 0. The van der Waals surface area contributed by atoms with Gasteiger partial charge in [0.25, 0.3) is 11.7 Å². The molecule has 34 heavy (non-hydrogen) atoms. The van der Waals surface area contributed by atoms with Crippen molar-refractivity contribution in [3.05, 3.63) is 83.3 Å². The van der Waals surface area contributed by atoms with Gasteiger partial charge in [-0.1, -0.05) is 18.2 Å². The molecule has 1 saturated heterocycles. The molecule has 2 aromatic carbocycles. The number of furan rings is 1. The smallest absolute Gasteiger partial charge is 0.296 e. The second-order valence-corrected chi connectivity index (χ2v) is 8.13. The number of carbonyl (C=O) groups excluding carboxylic acids is 2. The molecular formula is C26H25NO7. The van der Waals surface area contributed by atoms with Crippen LogP contribution in [0, 0.1) is 0 Å². The van der Waals surface area contributed by atoms with E-state index in [2.05, 4.69) is 0 Å². The molecule has 1 fully saturated rings. The molecule has 2 N–H and O–H groups in total. The Bertz CT molecular complexity index is 1240. The number of ether oxygens (including phenoxy) is 2. The molecule has 2 heterocycles. The Morgan fingerprint density at radius 3 is 2.56 bits per heavy atom. The number of aromatic hydroxyl groups is 1. The number of methoxy groups -OCH3 is 1. The van der Waals surface area contributed by atoms with Crippen LogP contribution in [0.15, 0.2) is 70.9 Å². The van der Waals surface area contributed by atoms with Gasteiger partial charge >= 0.3 is 0 Å². The van der Waals surface area contributed by atoms with Gasteiger partial charge in [0.05, 0.1) is 37.6 Å². The summed E-state index contributed by atoms with van der Waals surface area (Å²) in [7, 11) is 1.42. The second kappa shape index (κ2) is 9.35. The lowest BCUT2D eigenvalue weighted by molar-refractivity contribution is -0.140. The summed E-state index contributed by atoms with van der Waals surface area (Å²) in [5, 5.41) is 21.6. The first-order chi connectivity index (χ1) is 16.3. The van der Waals surface area contributed by atoms with Crippen molar-refractivity contribution < 1.29 is 33.7 Å². The van der Waals surface area contributed by atoms with Crippen LogP contribution in [0.3, 0.4) is 0 Å². The normalized spacial score (nSPS) is 17.4. The number of phenolic OH excluding ortho intramolecular Hbond substituents is 1. The molecular weight excluding hydrogens is 438 g/mol. The van der Waals surface area contributed by atoms with Crippen molar-refractivity contribution in [2.45, 2.75) is 32.5 Å². The zero-order chi connectivity index (χ0) is 24.4. The number of amides is 1. The SMILES string of the molecule is COc1ccc(C2/C(=C(/O)c3cccc(OC(C)C)c3)C(=O)C(=O)N2Cc2ccco2)cc1O. The minimum absolute atomic E-state index is 0.00229. The van der Waals surface area contributed by atoms with Gasteiger partial charge in [-0.3, -0.25) is 9.59 Å². The van der Waals surface area contributed by atoms with Crippen LogP contribution in [0.5, 0.6) is 17.2 Å². The lowest BCUT2D eigenvalue weighted by atomic mass is 9.95. The van der Waals surface area contributed by atoms with Gasteiger partial charge in [0, 0.05) is 5.56 Å². The molecule has 3 aromatic rings. The van der Waals surface area contributed by atoms with Crippen LogP contribution in [-0.4, -0.2) is 40.0 Å². The number of nitrogens with zero attached hydrogens (tertiary/aromatic N) is 1. The topological polar surface area (TPSA) is 109 Å². The van der Waals surface area contributed by atoms with E-state index in [1.54, 1.807) is 42.5 Å². The van der Waals surface area contributed by atoms with Crippen LogP contribution >= 0.6 is 0 Å². The minimum Gasteiger partial charge on any atom is -0.507 e. The van der Waals surface area contributed by atoms with Crippen molar-refractivity contribution in [2.24, 2.45) is 0 Å². The third-order valence-corrected chi connectivity index (χ3v) is 5.44. The molecule has 1 amide bonds. The molecule has 8 heteroatoms. The summed E-state index contributed by atoms with van der Waals surface area (Å²) in [6, 6.07) is 13.7. The van der Waals surface area contributed by atoms with Crippen molar-refractivity contribution >= 4 is 17.4 Å². The van der Waals surface area contributed by atoms with E-state index in [1.807, 2.05) is 13.8 Å². The molecule has 8 nitrogen and oxygen atoms in total. The summed E-state index contributed by atoms with van der Waals surface area (Å²) in [6.07, 6.45) is 1.39. The molecule has 176 valence electrons. The highest BCUT2D eigenvalue weighted by Crippen LogP contribution is 2.42. The maximum absolute atomic E-state index is 13.2. The van der Waals surface area contributed by atoms with E-state index >= 15 is 0 Å². The number of phenols is 1. The highest BCUT2D eigenvalue weighted by molar-refractivity contribution is 6.46. The van der Waals surface area contributed by atoms with E-state index in [1.165, 1.54) is 30.4 Å². The van der Waals surface area contributed by atoms with Crippen molar-refractivity contribution in [3.63, 3.8) is 0 Å². The van der Waals surface area contributed by atoms with E-state index in [9.17, 15) is 19.8 Å². The summed E-state index contributed by atoms with van der Waals surface area (Å²) < 4.78 is 16.2. The molecule has 0 bridgehead atoms. The zero-order valence-electron chi connectivity index (χ0n) is 19.0. The Morgan fingerprint density at radius 1 is 1.12 bits per heavy atom. The number of hydrogen-bond acceptors (Lipinski definition) is 7. The average Bonchev–Trinajstić information content (AvgIpc) is 3.41. The standard InChI is InChI=1S/C26H25NO7/c1-15(2)34-18-7-4-6-17(12-18)24(29)22-23(16-9-10-21(32-3)20(28)13-16)27(26(31)25(22)30)14-19-8-5-11-33-19/h4-13,15,23,28-29H,14H2,1-3H3/b24-22-. The molecule has 1 unspecified atom stereocenters. The number of aliphatic hydroxyl groups is 1. The maximum atomic E-state index is 13.2. The number of hydrogen-bond donors (Lipinski definition) is 2. The Hall–Kier alpha value is -4.20. The highest BCUT2D eigenvalue weighted by Gasteiger charge is 2.46. The molecule has 1 aliphatic heterocycles. The fourth-order valence-electron chi connectivity index (χ4n) is 3.98. The molecule has 1 aliphatic rings. The van der Waals surface area contributed by atoms with E-state index < -0.39 is 17.7 Å². The van der Waals surface area contributed by atoms with Gasteiger partial charge in [-0.25, -0.2) is 0 Å². The van der Waals surface area contributed by atoms with Gasteiger partial charge in [0.2, 0.25) is 0 Å². The lowest BCUT2D eigenvalue weighted by Crippen LogP contribution is -2.29. The molecule has 1 atom stereocenters. The summed E-state index contributed by atoms with van der Waals surface area (Å²) in [5.41, 5.74) is 0.667. The predicted octanol–water partition coefficient (Wildman–Crippen LogP) is 4.40. The van der Waals surface area contributed by atoms with Crippen LogP contribution in [0.2, 0.25) is 0 Å². The van der Waals surface area contributed by atoms with E-state index in [-0.39, 0.29) is 35.5 Å². The summed E-state index contributed by atoms with van der Waals surface area (Å²) in [4.78, 5) is 27.5. The number of benzene rings is 2. The molecule has 0 spiro atoms. The average molecular weight is 463 g/mol. The number of Topliss-reactive ketones (excluding diaryl/α,β-unsaturated/α-hetero) is 1. The van der Waals surface area contributed by atoms with Crippen molar-refractivity contribution in [1.29, 1.82) is 0 Å². The van der Waals surface area contributed by atoms with Gasteiger partial charge in [0.1, 0.15) is 17.3 Å². The zero-order valence-corrected chi connectivity index (χ0v) is 19.0. The minimum atomic E-state index is -0.962. The van der Waals surface area contributed by atoms with Gasteiger partial charge in [-0.05, 0) is 55.8 Å². The first-order valence-corrected chi connectivity index (χ1v) is 10.7. The number of likely N-dealkylation sites (tertiary alicyclic amines) is 1. The molecule has 0 saturated carbocycles. The molecule has 0 radical (unpaired) electrons. The van der Waals surface area contributed by atoms with Crippen LogP contribution in [0.1, 0.15) is 36.8 Å². The number of aliphatic hydroxyl groups excluding tert-OH is 1. The van der Waals surface area contributed by atoms with Crippen molar-refractivity contribution in [2.75, 3.05) is 7.11 Å². The van der Waals surface area contributed by atoms with Gasteiger partial charge in [-0.15, -0.1) is 0 Å². The van der Waals surface area contributed by atoms with Gasteiger partial charge in [0.15, 0.2) is 11.5 Å². The summed E-state index contributed by atoms with van der Waals surface area (Å²) in [5.74, 6) is -0.886. The van der Waals surface area contributed by atoms with Crippen LogP contribution < -0.4 is 9.47 Å². The first kappa shape index (κ1) is 23.0. The van der Waals surface area contributed by atoms with Crippen molar-refractivity contribution in [1.82, 2.24) is 4.90 Å². The van der Waals surface area contributed by atoms with E-state index in [4.69, 9.17) is 13.9 Å². The quantitative estimate of drug-likeness (QED) is 0.304. The molecule has 0 aliphatic carbocycles. The van der Waals surface area contributed by atoms with Crippen LogP contribution in [-0.2, 0) is 16.1 Å². The third-order valence-electron chi connectivity index (χ3n) is 5.44.